The van der Waals surface area contributed by atoms with E-state index in [1.807, 2.05) is 13.8 Å². The van der Waals surface area contributed by atoms with Crippen molar-refractivity contribution in [1.82, 2.24) is 15.0 Å². The van der Waals surface area contributed by atoms with Crippen molar-refractivity contribution in [2.75, 3.05) is 6.54 Å². The van der Waals surface area contributed by atoms with E-state index >= 15 is 0 Å². The van der Waals surface area contributed by atoms with Crippen LogP contribution in [0.1, 0.15) is 30.9 Å². The van der Waals surface area contributed by atoms with E-state index in [0.717, 1.165) is 5.56 Å². The number of amides is 2. The molecule has 11 heteroatoms. The number of carbonyl (C=O) groups is 2. The van der Waals surface area contributed by atoms with E-state index in [1.165, 1.54) is 22.7 Å². The second-order valence-corrected chi connectivity index (χ2v) is 10.7. The largest absolute Gasteiger partial charge is 0.459 e. The van der Waals surface area contributed by atoms with Gasteiger partial charge in [-0.1, -0.05) is 55.8 Å². The zero-order valence-corrected chi connectivity index (χ0v) is 21.4. The van der Waals surface area contributed by atoms with Gasteiger partial charge in [0.15, 0.2) is 0 Å². The number of rotatable bonds is 10. The molecular weight excluding hydrogens is 504 g/mol. The van der Waals surface area contributed by atoms with Crippen LogP contribution in [0.25, 0.3) is 0 Å². The van der Waals surface area contributed by atoms with Crippen LogP contribution in [-0.2, 0) is 32.7 Å². The number of nitrogens with zero attached hydrogens (tertiary/aromatic N) is 2. The Hall–Kier alpha value is -3.47. The maximum absolute atomic E-state index is 13.4. The molecule has 0 aliphatic carbocycles. The van der Waals surface area contributed by atoms with Crippen molar-refractivity contribution >= 4 is 39.7 Å². The fourth-order valence-electron chi connectivity index (χ4n) is 3.07. The lowest BCUT2D eigenvalue weighted by Gasteiger charge is -2.21. The Morgan fingerprint density at radius 3 is 2.36 bits per heavy atom. The topological polar surface area (TPSA) is 121 Å². The summed E-state index contributed by atoms with van der Waals surface area (Å²) in [7, 11) is -3.84. The van der Waals surface area contributed by atoms with Gasteiger partial charge in [-0.2, -0.15) is 9.41 Å². The lowest BCUT2D eigenvalue weighted by Crippen LogP contribution is -2.39. The first-order valence-corrected chi connectivity index (χ1v) is 13.0. The van der Waals surface area contributed by atoms with Crippen molar-refractivity contribution in [2.24, 2.45) is 11.0 Å². The Morgan fingerprint density at radius 1 is 1.00 bits per heavy atom. The number of benzene rings is 2. The highest BCUT2D eigenvalue weighted by Crippen LogP contribution is 2.22. The lowest BCUT2D eigenvalue weighted by atomic mass is 10.2. The van der Waals surface area contributed by atoms with Gasteiger partial charge in [0.2, 0.25) is 10.0 Å². The molecule has 0 spiro atoms. The summed E-state index contributed by atoms with van der Waals surface area (Å²) in [4.78, 5) is 23.6. The Morgan fingerprint density at radius 2 is 1.69 bits per heavy atom. The Balaban J connectivity index is 1.72. The molecule has 0 fully saturated rings. The van der Waals surface area contributed by atoms with Crippen molar-refractivity contribution in [3.05, 3.63) is 88.8 Å². The third-order valence-electron chi connectivity index (χ3n) is 4.90. The molecule has 1 aromatic heterocycles. The number of hydrogen-bond acceptors (Lipinski definition) is 6. The monoisotopic (exact) mass is 530 g/mol. The molecule has 36 heavy (non-hydrogen) atoms. The van der Waals surface area contributed by atoms with Crippen molar-refractivity contribution in [3.8, 4) is 0 Å². The van der Waals surface area contributed by atoms with Crippen molar-refractivity contribution in [1.29, 1.82) is 0 Å². The van der Waals surface area contributed by atoms with E-state index in [2.05, 4.69) is 15.8 Å². The standard InChI is InChI=1S/C25H27ClN4O5S/c1-18(2)14-27-24(31)25(32)29-28-15-21-12-13-22(35-21)17-30(16-19-8-10-20(26)11-9-19)36(33,34)23-6-4-3-5-7-23/h3-13,15,18H,14,16-17H2,1-2H3,(H,27,31)(H,29,32)/b28-15+. The van der Waals surface area contributed by atoms with Gasteiger partial charge in [-0.05, 0) is 47.9 Å². The number of furan rings is 1. The van der Waals surface area contributed by atoms with Crippen LogP contribution in [0.15, 0.2) is 81.1 Å². The molecule has 0 bridgehead atoms. The van der Waals surface area contributed by atoms with Crippen LogP contribution in [0.5, 0.6) is 0 Å². The van der Waals surface area contributed by atoms with Gasteiger partial charge >= 0.3 is 11.8 Å². The van der Waals surface area contributed by atoms with Crippen molar-refractivity contribution in [2.45, 2.75) is 31.8 Å². The van der Waals surface area contributed by atoms with E-state index in [9.17, 15) is 18.0 Å². The van der Waals surface area contributed by atoms with E-state index in [0.29, 0.717) is 17.3 Å². The lowest BCUT2D eigenvalue weighted by molar-refractivity contribution is -0.139. The van der Waals surface area contributed by atoms with Gasteiger partial charge in [0.1, 0.15) is 11.5 Å². The predicted octanol–water partition coefficient (Wildman–Crippen LogP) is 3.55. The number of halogens is 1. The summed E-state index contributed by atoms with van der Waals surface area (Å²) in [6, 6.07) is 18.2. The average molecular weight is 531 g/mol. The number of carbonyl (C=O) groups excluding carboxylic acids is 2. The van der Waals surface area contributed by atoms with E-state index in [4.69, 9.17) is 16.0 Å². The molecular formula is C25H27ClN4O5S. The smallest absolute Gasteiger partial charge is 0.329 e. The first-order valence-electron chi connectivity index (χ1n) is 11.1. The zero-order valence-electron chi connectivity index (χ0n) is 19.8. The SMILES string of the molecule is CC(C)CNC(=O)C(=O)N/N=C/c1ccc(CN(Cc2ccc(Cl)cc2)S(=O)(=O)c2ccccc2)o1. The highest BCUT2D eigenvalue weighted by molar-refractivity contribution is 7.89. The minimum absolute atomic E-state index is 0.0440. The Kier molecular flexibility index (Phi) is 9.40. The minimum Gasteiger partial charge on any atom is -0.459 e. The highest BCUT2D eigenvalue weighted by atomic mass is 35.5. The summed E-state index contributed by atoms with van der Waals surface area (Å²) in [5, 5.41) is 6.77. The quantitative estimate of drug-likeness (QED) is 0.236. The summed E-state index contributed by atoms with van der Waals surface area (Å²) in [5.74, 6) is -0.842. The summed E-state index contributed by atoms with van der Waals surface area (Å²) in [5.41, 5.74) is 2.88. The third-order valence-corrected chi connectivity index (χ3v) is 6.96. The molecule has 2 N–H and O–H groups in total. The first kappa shape index (κ1) is 27.1. The van der Waals surface area contributed by atoms with Crippen LogP contribution in [0, 0.1) is 5.92 Å². The molecule has 0 aliphatic heterocycles. The average Bonchev–Trinajstić information content (AvgIpc) is 3.31. The molecule has 2 aromatic carbocycles. The molecule has 9 nitrogen and oxygen atoms in total. The molecule has 0 atom stereocenters. The summed E-state index contributed by atoms with van der Waals surface area (Å²) in [6.45, 7) is 4.24. The predicted molar refractivity (Wildman–Crippen MR) is 137 cm³/mol. The van der Waals surface area contributed by atoms with Gasteiger partial charge in [0, 0.05) is 18.1 Å². The molecule has 190 valence electrons. The third kappa shape index (κ3) is 7.77. The van der Waals surface area contributed by atoms with E-state index in [-0.39, 0.29) is 29.7 Å². The van der Waals surface area contributed by atoms with Crippen LogP contribution in [0.4, 0.5) is 0 Å². The number of hydrogen-bond donors (Lipinski definition) is 2. The molecule has 0 aliphatic rings. The van der Waals surface area contributed by atoms with Gasteiger partial charge in [0.05, 0.1) is 17.7 Å². The van der Waals surface area contributed by atoms with Gasteiger partial charge in [-0.15, -0.1) is 0 Å². The van der Waals surface area contributed by atoms with Crippen molar-refractivity contribution in [3.63, 3.8) is 0 Å². The molecule has 0 unspecified atom stereocenters. The van der Waals surface area contributed by atoms with Gasteiger partial charge < -0.3 is 9.73 Å². The second kappa shape index (κ2) is 12.5. The van der Waals surface area contributed by atoms with Crippen LogP contribution < -0.4 is 10.7 Å². The maximum Gasteiger partial charge on any atom is 0.329 e. The Bertz CT molecular complexity index is 1310. The van der Waals surface area contributed by atoms with Gasteiger partial charge in [-0.3, -0.25) is 9.59 Å². The van der Waals surface area contributed by atoms with Crippen LogP contribution in [-0.4, -0.2) is 37.3 Å². The van der Waals surface area contributed by atoms with Crippen LogP contribution in [0.2, 0.25) is 5.02 Å². The van der Waals surface area contributed by atoms with Gasteiger partial charge in [0.25, 0.3) is 0 Å². The molecule has 0 saturated heterocycles. The molecule has 3 rings (SSSR count). The highest BCUT2D eigenvalue weighted by Gasteiger charge is 2.26. The number of nitrogens with one attached hydrogen (secondary N) is 2. The fraction of sp³-hybridized carbons (Fsp3) is 0.240. The van der Waals surface area contributed by atoms with Gasteiger partial charge in [-0.25, -0.2) is 13.8 Å². The van der Waals surface area contributed by atoms with E-state index in [1.54, 1.807) is 54.6 Å². The summed E-state index contributed by atoms with van der Waals surface area (Å²) >= 11 is 5.97. The molecule has 2 amide bonds. The Labute approximate surface area is 215 Å². The van der Waals surface area contributed by atoms with Crippen molar-refractivity contribution < 1.29 is 22.4 Å². The normalized spacial score (nSPS) is 11.8. The molecule has 3 aromatic rings. The number of hydrazone groups is 1. The zero-order chi connectivity index (χ0) is 26.1. The number of sulfonamides is 1. The molecule has 0 saturated carbocycles. The minimum atomic E-state index is -3.84. The molecule has 1 heterocycles. The van der Waals surface area contributed by atoms with Crippen LogP contribution in [0.3, 0.4) is 0 Å². The second-order valence-electron chi connectivity index (χ2n) is 8.32. The van der Waals surface area contributed by atoms with E-state index < -0.39 is 21.8 Å². The maximum atomic E-state index is 13.4. The van der Waals surface area contributed by atoms with Crippen LogP contribution >= 0.6 is 11.6 Å². The fourth-order valence-corrected chi connectivity index (χ4v) is 4.61. The first-order chi connectivity index (χ1) is 17.1. The molecule has 0 radical (unpaired) electrons. The summed E-state index contributed by atoms with van der Waals surface area (Å²) in [6.07, 6.45) is 1.23. The summed E-state index contributed by atoms with van der Waals surface area (Å²) < 4.78 is 33.7.